The fourth-order valence-electron chi connectivity index (χ4n) is 4.17. The molecule has 0 radical (unpaired) electrons. The third-order valence-electron chi connectivity index (χ3n) is 5.94. The zero-order valence-electron chi connectivity index (χ0n) is 17.8. The molecule has 0 spiro atoms. The summed E-state index contributed by atoms with van der Waals surface area (Å²) in [6, 6.07) is 6.75. The molecule has 2 aliphatic rings. The predicted molar refractivity (Wildman–Crippen MR) is 118 cm³/mol. The maximum Gasteiger partial charge on any atom is 0.194 e. The maximum absolute atomic E-state index is 13.7. The van der Waals surface area contributed by atoms with Crippen molar-refractivity contribution in [1.29, 1.82) is 0 Å². The number of anilines is 1. The molecule has 0 bridgehead atoms. The minimum atomic E-state index is -1.55. The van der Waals surface area contributed by atoms with Crippen molar-refractivity contribution in [2.75, 3.05) is 5.32 Å². The van der Waals surface area contributed by atoms with Crippen LogP contribution in [0.25, 0.3) is 0 Å². The number of halogens is 1. The largest absolute Gasteiger partial charge is 0.507 e. The number of fused-ring (bicyclic) bond motifs is 3. The lowest BCUT2D eigenvalue weighted by Crippen LogP contribution is -2.40. The number of allylic oxidation sites excluding steroid dienone is 4. The Labute approximate surface area is 189 Å². The number of carbonyl (C=O) groups excluding carboxylic acids is 3. The summed E-state index contributed by atoms with van der Waals surface area (Å²) in [6.45, 7) is 5.80. The molecule has 32 heavy (non-hydrogen) atoms. The number of Topliss-reactive ketones (excluding diaryl/α,β-unsaturated/α-hetero) is 2. The SMILES string of the molecule is CC(=O)c1c(O)c(C)c(O)c2c1OC1=CC(=O)/C(=C(\C)Nc3ccc(Cl)cc3)C(=O)[C@]12C. The van der Waals surface area contributed by atoms with Crippen LogP contribution >= 0.6 is 11.6 Å². The van der Waals surface area contributed by atoms with E-state index in [4.69, 9.17) is 16.3 Å². The Morgan fingerprint density at radius 1 is 1.09 bits per heavy atom. The lowest BCUT2D eigenvalue weighted by atomic mass is 9.70. The van der Waals surface area contributed by atoms with Crippen LogP contribution in [-0.2, 0) is 15.0 Å². The summed E-state index contributed by atoms with van der Waals surface area (Å²) >= 11 is 5.91. The predicted octanol–water partition coefficient (Wildman–Crippen LogP) is 4.33. The number of phenols is 2. The number of benzene rings is 2. The molecule has 4 rings (SSSR count). The summed E-state index contributed by atoms with van der Waals surface area (Å²) in [5.41, 5.74) is -0.746. The zero-order valence-corrected chi connectivity index (χ0v) is 18.5. The fraction of sp³-hybridized carbons (Fsp3) is 0.208. The molecule has 0 aromatic heterocycles. The van der Waals surface area contributed by atoms with Crippen molar-refractivity contribution in [2.24, 2.45) is 0 Å². The summed E-state index contributed by atoms with van der Waals surface area (Å²) in [7, 11) is 0. The van der Waals surface area contributed by atoms with E-state index in [-0.39, 0.29) is 39.5 Å². The quantitative estimate of drug-likeness (QED) is 0.360. The highest BCUT2D eigenvalue weighted by Gasteiger charge is 2.56. The minimum absolute atomic E-state index is 0.00616. The lowest BCUT2D eigenvalue weighted by molar-refractivity contribution is -0.123. The molecule has 1 atom stereocenters. The molecule has 0 unspecified atom stereocenters. The van der Waals surface area contributed by atoms with Gasteiger partial charge < -0.3 is 20.3 Å². The van der Waals surface area contributed by atoms with E-state index in [1.54, 1.807) is 31.2 Å². The lowest BCUT2D eigenvalue weighted by Gasteiger charge is -2.29. The average molecular weight is 454 g/mol. The number of aromatic hydroxyl groups is 2. The van der Waals surface area contributed by atoms with Crippen LogP contribution in [0.1, 0.15) is 42.3 Å². The fourth-order valence-corrected chi connectivity index (χ4v) is 4.30. The highest BCUT2D eigenvalue weighted by Crippen LogP contribution is 2.57. The number of ketones is 3. The first-order valence-corrected chi connectivity index (χ1v) is 10.2. The van der Waals surface area contributed by atoms with E-state index < -0.39 is 28.5 Å². The van der Waals surface area contributed by atoms with Crippen LogP contribution in [-0.4, -0.2) is 27.6 Å². The van der Waals surface area contributed by atoms with E-state index in [1.807, 2.05) is 0 Å². The van der Waals surface area contributed by atoms with E-state index in [1.165, 1.54) is 26.8 Å². The highest BCUT2D eigenvalue weighted by atomic mass is 35.5. The Hall–Kier alpha value is -3.58. The van der Waals surface area contributed by atoms with Gasteiger partial charge in [-0.05, 0) is 52.0 Å². The molecule has 2 aromatic rings. The summed E-state index contributed by atoms with van der Waals surface area (Å²) in [5, 5.41) is 24.8. The third kappa shape index (κ3) is 2.92. The van der Waals surface area contributed by atoms with E-state index in [2.05, 4.69) is 5.32 Å². The van der Waals surface area contributed by atoms with Gasteiger partial charge in [-0.3, -0.25) is 14.4 Å². The molecule has 7 nitrogen and oxygen atoms in total. The molecule has 1 aliphatic carbocycles. The molecule has 8 heteroatoms. The Morgan fingerprint density at radius 2 is 1.72 bits per heavy atom. The van der Waals surface area contributed by atoms with E-state index >= 15 is 0 Å². The summed E-state index contributed by atoms with van der Waals surface area (Å²) in [4.78, 5) is 38.8. The van der Waals surface area contributed by atoms with Gasteiger partial charge in [0.25, 0.3) is 0 Å². The van der Waals surface area contributed by atoms with Gasteiger partial charge in [0.2, 0.25) is 0 Å². The second-order valence-electron chi connectivity index (χ2n) is 8.02. The molecule has 0 saturated heterocycles. The van der Waals surface area contributed by atoms with Gasteiger partial charge in [0, 0.05) is 28.0 Å². The monoisotopic (exact) mass is 453 g/mol. The smallest absolute Gasteiger partial charge is 0.194 e. The van der Waals surface area contributed by atoms with Crippen molar-refractivity contribution in [2.45, 2.75) is 33.1 Å². The standard InChI is InChI=1S/C24H20ClNO6/c1-10-20(29)18(12(3)27)22-19(21(10)30)24(4)16(32-22)9-15(28)17(23(24)31)11(2)26-14-7-5-13(25)6-8-14/h5-9,26,29-30H,1-4H3/b17-11-/t24-/m1/s1. The van der Waals surface area contributed by atoms with Crippen molar-refractivity contribution in [3.63, 3.8) is 0 Å². The van der Waals surface area contributed by atoms with Gasteiger partial charge in [0.1, 0.15) is 34.0 Å². The number of nitrogens with one attached hydrogen (secondary N) is 1. The first-order valence-electron chi connectivity index (χ1n) is 9.81. The van der Waals surface area contributed by atoms with E-state index in [0.29, 0.717) is 16.4 Å². The van der Waals surface area contributed by atoms with Gasteiger partial charge in [-0.25, -0.2) is 0 Å². The summed E-state index contributed by atoms with van der Waals surface area (Å²) in [6.07, 6.45) is 1.18. The van der Waals surface area contributed by atoms with Crippen LogP contribution in [0.2, 0.25) is 5.02 Å². The average Bonchev–Trinajstić information content (AvgIpc) is 3.01. The van der Waals surface area contributed by atoms with Crippen LogP contribution < -0.4 is 10.1 Å². The zero-order chi connectivity index (χ0) is 23.5. The minimum Gasteiger partial charge on any atom is -0.507 e. The van der Waals surface area contributed by atoms with Crippen molar-refractivity contribution >= 4 is 34.6 Å². The number of carbonyl (C=O) groups is 3. The number of ether oxygens (including phenoxy) is 1. The van der Waals surface area contributed by atoms with Crippen LogP contribution in [0.4, 0.5) is 5.69 Å². The first kappa shape index (κ1) is 21.6. The second-order valence-corrected chi connectivity index (χ2v) is 8.45. The van der Waals surface area contributed by atoms with Crippen molar-refractivity contribution in [3.8, 4) is 17.2 Å². The van der Waals surface area contributed by atoms with Crippen LogP contribution in [0.3, 0.4) is 0 Å². The normalized spacial score (nSPS) is 20.8. The van der Waals surface area contributed by atoms with Crippen molar-refractivity contribution in [1.82, 2.24) is 0 Å². The Balaban J connectivity index is 1.91. The molecule has 164 valence electrons. The highest BCUT2D eigenvalue weighted by molar-refractivity contribution is 6.32. The Morgan fingerprint density at radius 3 is 2.31 bits per heavy atom. The maximum atomic E-state index is 13.7. The first-order chi connectivity index (χ1) is 15.0. The third-order valence-corrected chi connectivity index (χ3v) is 6.19. The van der Waals surface area contributed by atoms with Gasteiger partial charge >= 0.3 is 0 Å². The van der Waals surface area contributed by atoms with Crippen molar-refractivity contribution in [3.05, 3.63) is 69.1 Å². The number of hydrogen-bond acceptors (Lipinski definition) is 7. The number of rotatable bonds is 3. The Bertz CT molecular complexity index is 1290. The van der Waals surface area contributed by atoms with Gasteiger partial charge in [-0.15, -0.1) is 0 Å². The molecule has 1 aliphatic heterocycles. The summed E-state index contributed by atoms with van der Waals surface area (Å²) in [5.74, 6) is -2.57. The molecular weight excluding hydrogens is 434 g/mol. The van der Waals surface area contributed by atoms with E-state index in [0.717, 1.165) is 0 Å². The van der Waals surface area contributed by atoms with Gasteiger partial charge in [-0.1, -0.05) is 11.6 Å². The molecule has 1 heterocycles. The van der Waals surface area contributed by atoms with Gasteiger partial charge in [-0.2, -0.15) is 0 Å². The topological polar surface area (TPSA) is 113 Å². The van der Waals surface area contributed by atoms with Crippen LogP contribution in [0.15, 0.2) is 47.4 Å². The second kappa shape index (κ2) is 7.24. The van der Waals surface area contributed by atoms with Gasteiger partial charge in [0.15, 0.2) is 17.3 Å². The van der Waals surface area contributed by atoms with Crippen LogP contribution in [0.5, 0.6) is 17.2 Å². The number of phenolic OH excluding ortho intramolecular Hbond substituents is 2. The number of hydrogen-bond donors (Lipinski definition) is 3. The summed E-state index contributed by atoms with van der Waals surface area (Å²) < 4.78 is 5.74. The molecular formula is C24H20ClNO6. The van der Waals surface area contributed by atoms with Gasteiger partial charge in [0.05, 0.1) is 11.1 Å². The molecule has 3 N–H and O–H groups in total. The molecule has 0 fully saturated rings. The van der Waals surface area contributed by atoms with Crippen molar-refractivity contribution < 1.29 is 29.3 Å². The molecule has 2 aromatic carbocycles. The molecule has 0 saturated carbocycles. The van der Waals surface area contributed by atoms with E-state index in [9.17, 15) is 24.6 Å². The Kier molecular flexibility index (Phi) is 4.90. The van der Waals surface area contributed by atoms with Crippen LogP contribution in [0, 0.1) is 6.92 Å². The molecule has 0 amide bonds.